The molecular weight excluding hydrogens is 273 g/mol. The van der Waals surface area contributed by atoms with Gasteiger partial charge in [0.15, 0.2) is 0 Å². The van der Waals surface area contributed by atoms with Gasteiger partial charge >= 0.3 is 6.18 Å². The van der Waals surface area contributed by atoms with Gasteiger partial charge in [0, 0.05) is 0 Å². The van der Waals surface area contributed by atoms with Crippen LogP contribution in [0.2, 0.25) is 0 Å². The molecule has 1 aromatic carbocycles. The third-order valence-corrected chi connectivity index (χ3v) is 3.15. The van der Waals surface area contributed by atoms with E-state index in [1.54, 1.807) is 13.0 Å². The Morgan fingerprint density at radius 2 is 1.85 bits per heavy atom. The number of aliphatic hydroxyl groups excluding tert-OH is 2. The first-order valence-corrected chi connectivity index (χ1v) is 5.93. The molecule has 3 N–H and O–H groups in total. The lowest BCUT2D eigenvalue weighted by Crippen LogP contribution is -2.45. The summed E-state index contributed by atoms with van der Waals surface area (Å²) in [5, 5.41) is 30.3. The first-order valence-electron chi connectivity index (χ1n) is 5.93. The number of hydrogen-bond acceptors (Lipinski definition) is 4. The monoisotopic (exact) mass is 288 g/mol. The van der Waals surface area contributed by atoms with Crippen molar-refractivity contribution in [3.63, 3.8) is 0 Å². The summed E-state index contributed by atoms with van der Waals surface area (Å²) in [5.74, 6) is 0. The van der Waals surface area contributed by atoms with Gasteiger partial charge in [0.05, 0.1) is 35.6 Å². The maximum Gasteiger partial charge on any atom is 0.416 e. The topological polar surface area (TPSA) is 76.3 Å². The Morgan fingerprint density at radius 3 is 2.25 bits per heavy atom. The van der Waals surface area contributed by atoms with Crippen molar-refractivity contribution in [3.05, 3.63) is 29.3 Å². The third kappa shape index (κ3) is 3.40. The van der Waals surface area contributed by atoms with Crippen molar-refractivity contribution in [2.75, 3.05) is 18.5 Å². The van der Waals surface area contributed by atoms with Gasteiger partial charge in [-0.05, 0) is 24.6 Å². The molecule has 20 heavy (non-hydrogen) atoms. The smallest absolute Gasteiger partial charge is 0.394 e. The number of nitriles is 1. The highest BCUT2D eigenvalue weighted by Gasteiger charge is 2.32. The van der Waals surface area contributed by atoms with E-state index in [1.807, 2.05) is 0 Å². The third-order valence-electron chi connectivity index (χ3n) is 3.15. The molecule has 0 aliphatic rings. The molecule has 0 fully saturated rings. The van der Waals surface area contributed by atoms with Crippen molar-refractivity contribution in [3.8, 4) is 6.07 Å². The van der Waals surface area contributed by atoms with Crippen molar-refractivity contribution >= 4 is 5.69 Å². The Labute approximate surface area is 114 Å². The van der Waals surface area contributed by atoms with Gasteiger partial charge in [0.1, 0.15) is 6.07 Å². The van der Waals surface area contributed by atoms with E-state index in [-0.39, 0.29) is 11.3 Å². The zero-order valence-corrected chi connectivity index (χ0v) is 10.8. The second-order valence-corrected chi connectivity index (χ2v) is 4.45. The van der Waals surface area contributed by atoms with Crippen LogP contribution in [0, 0.1) is 11.3 Å². The second kappa shape index (κ2) is 6.11. The van der Waals surface area contributed by atoms with E-state index in [0.29, 0.717) is 6.42 Å². The first-order chi connectivity index (χ1) is 9.31. The minimum absolute atomic E-state index is 0.144. The number of anilines is 1. The van der Waals surface area contributed by atoms with Crippen molar-refractivity contribution < 1.29 is 23.4 Å². The van der Waals surface area contributed by atoms with Crippen molar-refractivity contribution in [1.82, 2.24) is 0 Å². The SMILES string of the molecule is CCC(CO)(CO)Nc1ccc(C(F)(F)F)cc1C#N. The molecular formula is C13H15F3N2O2. The van der Waals surface area contributed by atoms with Gasteiger partial charge in [-0.15, -0.1) is 0 Å². The Balaban J connectivity index is 3.18. The molecule has 0 unspecified atom stereocenters. The molecule has 110 valence electrons. The molecule has 0 spiro atoms. The van der Waals surface area contributed by atoms with Crippen LogP contribution in [-0.4, -0.2) is 29.0 Å². The highest BCUT2D eigenvalue weighted by molar-refractivity contribution is 5.60. The lowest BCUT2D eigenvalue weighted by molar-refractivity contribution is -0.137. The zero-order valence-electron chi connectivity index (χ0n) is 10.8. The quantitative estimate of drug-likeness (QED) is 0.775. The van der Waals surface area contributed by atoms with Gasteiger partial charge in [-0.3, -0.25) is 0 Å². The molecule has 0 atom stereocenters. The summed E-state index contributed by atoms with van der Waals surface area (Å²) in [6.07, 6.45) is -4.19. The molecule has 0 heterocycles. The van der Waals surface area contributed by atoms with Crippen molar-refractivity contribution in [2.45, 2.75) is 25.1 Å². The lowest BCUT2D eigenvalue weighted by atomic mass is 9.97. The summed E-state index contributed by atoms with van der Waals surface area (Å²) < 4.78 is 37.7. The van der Waals surface area contributed by atoms with E-state index >= 15 is 0 Å². The van der Waals surface area contributed by atoms with Crippen LogP contribution in [-0.2, 0) is 6.18 Å². The van der Waals surface area contributed by atoms with Gasteiger partial charge in [0.25, 0.3) is 0 Å². The molecule has 0 bridgehead atoms. The van der Waals surface area contributed by atoms with E-state index in [4.69, 9.17) is 5.26 Å². The van der Waals surface area contributed by atoms with E-state index in [0.717, 1.165) is 18.2 Å². The fraction of sp³-hybridized carbons (Fsp3) is 0.462. The Hall–Kier alpha value is -1.78. The molecule has 1 aromatic rings. The van der Waals surface area contributed by atoms with Crippen molar-refractivity contribution in [1.29, 1.82) is 5.26 Å². The Bertz CT molecular complexity index is 497. The first kappa shape index (κ1) is 16.3. The summed E-state index contributed by atoms with van der Waals surface area (Å²) in [6, 6.07) is 4.38. The normalized spacial score (nSPS) is 12.1. The van der Waals surface area contributed by atoms with Gasteiger partial charge < -0.3 is 15.5 Å². The molecule has 0 aromatic heterocycles. The number of alkyl halides is 3. The summed E-state index contributed by atoms with van der Waals surface area (Å²) in [4.78, 5) is 0. The highest BCUT2D eigenvalue weighted by Crippen LogP contribution is 2.32. The maximum atomic E-state index is 12.6. The molecule has 0 aliphatic heterocycles. The number of rotatable bonds is 5. The number of benzene rings is 1. The Kier molecular flexibility index (Phi) is 4.98. The average molecular weight is 288 g/mol. The fourth-order valence-electron chi connectivity index (χ4n) is 1.65. The number of aliphatic hydroxyl groups is 2. The van der Waals surface area contributed by atoms with Gasteiger partial charge in [-0.1, -0.05) is 6.92 Å². The molecule has 7 heteroatoms. The number of nitrogens with one attached hydrogen (secondary N) is 1. The lowest BCUT2D eigenvalue weighted by Gasteiger charge is -2.31. The standard InChI is InChI=1S/C13H15F3N2O2/c1-2-12(7-19,8-20)18-11-4-3-10(13(14,15)16)5-9(11)6-17/h3-5,18-20H,2,7-8H2,1H3. The number of hydrogen-bond donors (Lipinski definition) is 3. The van der Waals surface area contributed by atoms with E-state index < -0.39 is 30.5 Å². The van der Waals surface area contributed by atoms with Gasteiger partial charge in [0.2, 0.25) is 0 Å². The molecule has 0 aliphatic carbocycles. The van der Waals surface area contributed by atoms with Crippen LogP contribution in [0.25, 0.3) is 0 Å². The molecule has 4 nitrogen and oxygen atoms in total. The predicted octanol–water partition coefficient (Wildman–Crippen LogP) is 2.12. The van der Waals surface area contributed by atoms with Crippen LogP contribution in [0.4, 0.5) is 18.9 Å². The second-order valence-electron chi connectivity index (χ2n) is 4.45. The van der Waals surface area contributed by atoms with Crippen LogP contribution < -0.4 is 5.32 Å². The minimum Gasteiger partial charge on any atom is -0.394 e. The molecule has 1 rings (SSSR count). The average Bonchev–Trinajstić information content (AvgIpc) is 2.44. The molecule has 0 amide bonds. The zero-order chi connectivity index (χ0) is 15.4. The van der Waals surface area contributed by atoms with Crippen LogP contribution in [0.15, 0.2) is 18.2 Å². The van der Waals surface area contributed by atoms with Crippen LogP contribution in [0.5, 0.6) is 0 Å². The molecule has 0 saturated carbocycles. The van der Waals surface area contributed by atoms with Gasteiger partial charge in [-0.2, -0.15) is 18.4 Å². The van der Waals surface area contributed by atoms with E-state index in [9.17, 15) is 23.4 Å². The van der Waals surface area contributed by atoms with E-state index in [1.165, 1.54) is 0 Å². The summed E-state index contributed by atoms with van der Waals surface area (Å²) in [5.41, 5.74) is -2.05. The maximum absolute atomic E-state index is 12.6. The number of nitrogens with zero attached hydrogens (tertiary/aromatic N) is 1. The largest absolute Gasteiger partial charge is 0.416 e. The molecule has 0 saturated heterocycles. The number of halogens is 3. The van der Waals surface area contributed by atoms with Crippen LogP contribution in [0.1, 0.15) is 24.5 Å². The summed E-state index contributed by atoms with van der Waals surface area (Å²) in [6.45, 7) is 0.882. The minimum atomic E-state index is -4.53. The summed E-state index contributed by atoms with van der Waals surface area (Å²) >= 11 is 0. The summed E-state index contributed by atoms with van der Waals surface area (Å²) in [7, 11) is 0. The highest BCUT2D eigenvalue weighted by atomic mass is 19.4. The van der Waals surface area contributed by atoms with Crippen LogP contribution in [0.3, 0.4) is 0 Å². The Morgan fingerprint density at radius 1 is 1.25 bits per heavy atom. The van der Waals surface area contributed by atoms with Crippen LogP contribution >= 0.6 is 0 Å². The fourth-order valence-corrected chi connectivity index (χ4v) is 1.65. The predicted molar refractivity (Wildman–Crippen MR) is 67.0 cm³/mol. The van der Waals surface area contributed by atoms with Crippen molar-refractivity contribution in [2.24, 2.45) is 0 Å². The van der Waals surface area contributed by atoms with E-state index in [2.05, 4.69) is 5.32 Å². The van der Waals surface area contributed by atoms with Gasteiger partial charge in [-0.25, -0.2) is 0 Å². The molecule has 0 radical (unpaired) electrons.